The molecule has 5 heterocycles. The molecule has 0 spiro atoms. The van der Waals surface area contributed by atoms with Gasteiger partial charge in [0.2, 0.25) is 6.79 Å². The molecule has 9 nitrogen and oxygen atoms in total. The number of nitrogens with zero attached hydrogens (tertiary/aromatic N) is 3. The molecule has 0 amide bonds. The number of pyridine rings is 1. The quantitative estimate of drug-likeness (QED) is 0.339. The Hall–Kier alpha value is -4.37. The monoisotopic (exact) mass is 480 g/mol. The van der Waals surface area contributed by atoms with Crippen molar-refractivity contribution >= 4 is 11.0 Å². The van der Waals surface area contributed by atoms with Gasteiger partial charge >= 0.3 is 0 Å². The zero-order chi connectivity index (χ0) is 23.9. The molecule has 3 N–H and O–H groups in total. The van der Waals surface area contributed by atoms with Gasteiger partial charge in [-0.25, -0.2) is 4.98 Å². The largest absolute Gasteiger partial charge is 0.489 e. The third kappa shape index (κ3) is 3.83. The van der Waals surface area contributed by atoms with Gasteiger partial charge in [-0.05, 0) is 61.8 Å². The molecule has 36 heavy (non-hydrogen) atoms. The van der Waals surface area contributed by atoms with Crippen molar-refractivity contribution in [3.8, 4) is 51.2 Å². The highest BCUT2D eigenvalue weighted by atomic mass is 16.7. The van der Waals surface area contributed by atoms with E-state index in [-0.39, 0.29) is 12.9 Å². The number of H-pyrrole nitrogens is 2. The van der Waals surface area contributed by atoms with Crippen molar-refractivity contribution in [3.63, 3.8) is 0 Å². The molecular formula is C27H24N6O3. The van der Waals surface area contributed by atoms with Crippen molar-refractivity contribution in [2.75, 3.05) is 19.9 Å². The minimum atomic E-state index is 0.215. The average molecular weight is 481 g/mol. The van der Waals surface area contributed by atoms with Crippen LogP contribution < -0.4 is 19.5 Å². The number of ether oxygens (including phenoxy) is 3. The highest BCUT2D eigenvalue weighted by Crippen LogP contribution is 2.38. The lowest BCUT2D eigenvalue weighted by atomic mass is 10.0. The Balaban J connectivity index is 1.18. The number of rotatable bonds is 5. The molecule has 2 aliphatic rings. The van der Waals surface area contributed by atoms with Crippen LogP contribution in [0.2, 0.25) is 0 Å². The summed E-state index contributed by atoms with van der Waals surface area (Å²) in [5.41, 5.74) is 6.31. The minimum absolute atomic E-state index is 0.215. The van der Waals surface area contributed by atoms with Crippen molar-refractivity contribution in [3.05, 3.63) is 60.9 Å². The Morgan fingerprint density at radius 3 is 2.78 bits per heavy atom. The molecule has 5 aromatic rings. The summed E-state index contributed by atoms with van der Waals surface area (Å²) in [4.78, 5) is 12.7. The zero-order valence-corrected chi connectivity index (χ0v) is 19.5. The van der Waals surface area contributed by atoms with Gasteiger partial charge in [-0.1, -0.05) is 18.2 Å². The first-order chi connectivity index (χ1) is 17.8. The summed E-state index contributed by atoms with van der Waals surface area (Å²) in [5.74, 6) is 2.99. The van der Waals surface area contributed by atoms with Crippen LogP contribution in [0.15, 0.2) is 60.9 Å². The Morgan fingerprint density at radius 2 is 1.83 bits per heavy atom. The van der Waals surface area contributed by atoms with Crippen LogP contribution in [0.3, 0.4) is 0 Å². The summed E-state index contributed by atoms with van der Waals surface area (Å²) < 4.78 is 17.2. The normalized spacial score (nSPS) is 15.4. The van der Waals surface area contributed by atoms with Crippen molar-refractivity contribution in [1.29, 1.82) is 0 Å². The molecule has 2 aromatic carbocycles. The van der Waals surface area contributed by atoms with Crippen LogP contribution in [0.4, 0.5) is 0 Å². The van der Waals surface area contributed by atoms with Gasteiger partial charge in [0.1, 0.15) is 17.5 Å². The van der Waals surface area contributed by atoms with Gasteiger partial charge in [-0.2, -0.15) is 5.10 Å². The lowest BCUT2D eigenvalue weighted by molar-refractivity contribution is 0.162. The minimum Gasteiger partial charge on any atom is -0.489 e. The van der Waals surface area contributed by atoms with Gasteiger partial charge in [0.25, 0.3) is 0 Å². The standard InChI is InChI=1S/C27H24N6O3/c1-2-20(16-4-5-24-25(11-16)35-15-34-24)26-21(3-1)30-27(31-26)23-12-22(32-33-23)17-10-19(14-29-13-17)36-18-6-8-28-9-7-18/h1-5,10-14,18,28H,6-9,15H2,(H,30,31)(H,32,33). The van der Waals surface area contributed by atoms with Gasteiger partial charge < -0.3 is 24.5 Å². The van der Waals surface area contributed by atoms with Crippen LogP contribution in [0, 0.1) is 0 Å². The molecule has 1 saturated heterocycles. The van der Waals surface area contributed by atoms with E-state index in [1.165, 1.54) is 0 Å². The van der Waals surface area contributed by atoms with E-state index in [4.69, 9.17) is 19.2 Å². The van der Waals surface area contributed by atoms with Crippen molar-refractivity contribution < 1.29 is 14.2 Å². The Labute approximate surface area is 206 Å². The van der Waals surface area contributed by atoms with Crippen LogP contribution in [-0.2, 0) is 0 Å². The molecule has 180 valence electrons. The van der Waals surface area contributed by atoms with Gasteiger partial charge in [-0.15, -0.1) is 0 Å². The van der Waals surface area contributed by atoms with E-state index >= 15 is 0 Å². The molecule has 1 fully saturated rings. The number of aromatic amines is 2. The first-order valence-corrected chi connectivity index (χ1v) is 12.1. The van der Waals surface area contributed by atoms with E-state index in [1.54, 1.807) is 12.4 Å². The Kier molecular flexibility index (Phi) is 5.06. The molecule has 0 radical (unpaired) electrons. The maximum atomic E-state index is 6.16. The van der Waals surface area contributed by atoms with E-state index < -0.39 is 0 Å². The average Bonchev–Trinajstić information content (AvgIpc) is 3.68. The summed E-state index contributed by atoms with van der Waals surface area (Å²) in [7, 11) is 0. The van der Waals surface area contributed by atoms with Crippen molar-refractivity contribution in [1.82, 2.24) is 30.5 Å². The number of benzene rings is 2. The number of hydrogen-bond acceptors (Lipinski definition) is 7. The van der Waals surface area contributed by atoms with Crippen LogP contribution in [0.5, 0.6) is 17.2 Å². The second-order valence-electron chi connectivity index (χ2n) is 9.00. The summed E-state index contributed by atoms with van der Waals surface area (Å²) in [5, 5.41) is 11.0. The third-order valence-corrected chi connectivity index (χ3v) is 6.63. The molecule has 2 aliphatic heterocycles. The van der Waals surface area contributed by atoms with Gasteiger partial charge in [0, 0.05) is 17.3 Å². The molecule has 0 aliphatic carbocycles. The summed E-state index contributed by atoms with van der Waals surface area (Å²) in [6, 6.07) is 16.0. The van der Waals surface area contributed by atoms with Crippen LogP contribution >= 0.6 is 0 Å². The number of aromatic nitrogens is 5. The Bertz CT molecular complexity index is 1550. The van der Waals surface area contributed by atoms with Gasteiger partial charge in [0.05, 0.1) is 22.9 Å². The fourth-order valence-corrected chi connectivity index (χ4v) is 4.78. The van der Waals surface area contributed by atoms with E-state index in [1.807, 2.05) is 42.5 Å². The molecule has 0 bridgehead atoms. The van der Waals surface area contributed by atoms with Crippen molar-refractivity contribution in [2.24, 2.45) is 0 Å². The highest BCUT2D eigenvalue weighted by Gasteiger charge is 2.18. The maximum Gasteiger partial charge on any atom is 0.231 e. The second-order valence-corrected chi connectivity index (χ2v) is 9.00. The number of nitrogens with one attached hydrogen (secondary N) is 3. The van der Waals surface area contributed by atoms with Gasteiger partial charge in [-0.3, -0.25) is 10.1 Å². The molecule has 0 unspecified atom stereocenters. The second kappa shape index (κ2) is 8.69. The van der Waals surface area contributed by atoms with E-state index in [0.29, 0.717) is 5.82 Å². The first-order valence-electron chi connectivity index (χ1n) is 12.1. The van der Waals surface area contributed by atoms with E-state index in [2.05, 4.69) is 31.5 Å². The van der Waals surface area contributed by atoms with E-state index in [0.717, 1.165) is 82.3 Å². The summed E-state index contributed by atoms with van der Waals surface area (Å²) in [6.45, 7) is 2.21. The number of piperidine rings is 1. The van der Waals surface area contributed by atoms with Crippen LogP contribution in [0.1, 0.15) is 12.8 Å². The smallest absolute Gasteiger partial charge is 0.231 e. The fraction of sp³-hybridized carbons (Fsp3) is 0.222. The predicted molar refractivity (Wildman–Crippen MR) is 135 cm³/mol. The maximum absolute atomic E-state index is 6.16. The summed E-state index contributed by atoms with van der Waals surface area (Å²) >= 11 is 0. The fourth-order valence-electron chi connectivity index (χ4n) is 4.78. The molecule has 0 atom stereocenters. The third-order valence-electron chi connectivity index (χ3n) is 6.63. The first kappa shape index (κ1) is 21.0. The molecule has 3 aromatic heterocycles. The zero-order valence-electron chi connectivity index (χ0n) is 19.5. The molecule has 0 saturated carbocycles. The summed E-state index contributed by atoms with van der Waals surface area (Å²) in [6.07, 6.45) is 5.77. The number of imidazole rings is 1. The van der Waals surface area contributed by atoms with Crippen LogP contribution in [0.25, 0.3) is 44.9 Å². The SMILES string of the molecule is c1cc(-c2ccc3c(c2)OCO3)c2nc(-c3cc(-c4cncc(OC5CCNCC5)c4)n[nH]3)[nH]c2c1. The number of para-hydroxylation sites is 1. The predicted octanol–water partition coefficient (Wildman–Crippen LogP) is 4.54. The number of hydrogen-bond donors (Lipinski definition) is 3. The topological polar surface area (TPSA) is 110 Å². The molecular weight excluding hydrogens is 456 g/mol. The van der Waals surface area contributed by atoms with Crippen LogP contribution in [-0.4, -0.2) is 51.1 Å². The number of fused-ring (bicyclic) bond motifs is 2. The van der Waals surface area contributed by atoms with Gasteiger partial charge in [0.15, 0.2) is 17.3 Å². The lowest BCUT2D eigenvalue weighted by Gasteiger charge is -2.23. The van der Waals surface area contributed by atoms with E-state index in [9.17, 15) is 0 Å². The molecule has 7 rings (SSSR count). The molecule has 9 heteroatoms. The lowest BCUT2D eigenvalue weighted by Crippen LogP contribution is -2.34. The Morgan fingerprint density at radius 1 is 0.917 bits per heavy atom. The van der Waals surface area contributed by atoms with Crippen molar-refractivity contribution in [2.45, 2.75) is 18.9 Å². The highest BCUT2D eigenvalue weighted by molar-refractivity contribution is 5.94.